The van der Waals surface area contributed by atoms with Crippen LogP contribution >= 0.6 is 0 Å². The van der Waals surface area contributed by atoms with Crippen molar-refractivity contribution in [2.45, 2.75) is 59.1 Å². The van der Waals surface area contributed by atoms with Crippen LogP contribution in [-0.2, 0) is 19.7 Å². The van der Waals surface area contributed by atoms with E-state index in [9.17, 15) is 14.7 Å². The minimum absolute atomic E-state index is 0.0183. The van der Waals surface area contributed by atoms with Crippen LogP contribution in [0.2, 0.25) is 0 Å². The molecule has 0 spiro atoms. The Morgan fingerprint density at radius 3 is 2.34 bits per heavy atom. The van der Waals surface area contributed by atoms with Gasteiger partial charge in [-0.25, -0.2) is 0 Å². The standard InChI is InChI=1S/C27H33NO4/c1-17(2)32-15-14-28-23(19-10-8-7-9-11-19)22(25(30)26(28)31)24(29)21-16-20(27(4,5)6)13-12-18(21)3/h7-13,16-17,23,29H,14-15H2,1-6H3/b24-22+. The van der Waals surface area contributed by atoms with Crippen LogP contribution in [-0.4, -0.2) is 41.0 Å². The highest BCUT2D eigenvalue weighted by Gasteiger charge is 2.46. The van der Waals surface area contributed by atoms with E-state index in [-0.39, 0.29) is 29.4 Å². The molecular weight excluding hydrogens is 402 g/mol. The predicted octanol–water partition coefficient (Wildman–Crippen LogP) is 5.14. The van der Waals surface area contributed by atoms with Gasteiger partial charge < -0.3 is 14.7 Å². The highest BCUT2D eigenvalue weighted by molar-refractivity contribution is 6.46. The molecule has 3 rings (SSSR count). The number of rotatable bonds is 6. The molecule has 1 saturated heterocycles. The van der Waals surface area contributed by atoms with Crippen molar-refractivity contribution in [3.05, 3.63) is 76.4 Å². The third-order valence-electron chi connectivity index (χ3n) is 5.80. The zero-order valence-corrected chi connectivity index (χ0v) is 19.8. The summed E-state index contributed by atoms with van der Waals surface area (Å²) >= 11 is 0. The molecule has 170 valence electrons. The summed E-state index contributed by atoms with van der Waals surface area (Å²) in [5.74, 6) is -1.41. The number of aliphatic hydroxyl groups is 1. The van der Waals surface area contributed by atoms with E-state index in [1.807, 2.05) is 69.3 Å². The van der Waals surface area contributed by atoms with Crippen molar-refractivity contribution >= 4 is 17.4 Å². The second-order valence-corrected chi connectivity index (χ2v) is 9.60. The van der Waals surface area contributed by atoms with Gasteiger partial charge in [-0.15, -0.1) is 0 Å². The smallest absolute Gasteiger partial charge is 0.295 e. The molecule has 1 heterocycles. The monoisotopic (exact) mass is 435 g/mol. The normalized spacial score (nSPS) is 18.6. The number of aliphatic hydroxyl groups excluding tert-OH is 1. The van der Waals surface area contributed by atoms with Crippen molar-refractivity contribution in [2.24, 2.45) is 0 Å². The first-order chi connectivity index (χ1) is 15.0. The van der Waals surface area contributed by atoms with E-state index in [4.69, 9.17) is 4.74 Å². The molecule has 2 aromatic rings. The van der Waals surface area contributed by atoms with Crippen LogP contribution in [0.3, 0.4) is 0 Å². The maximum Gasteiger partial charge on any atom is 0.295 e. The summed E-state index contributed by atoms with van der Waals surface area (Å²) in [7, 11) is 0. The minimum atomic E-state index is -0.665. The lowest BCUT2D eigenvalue weighted by atomic mass is 9.84. The Labute approximate surface area is 190 Å². The average Bonchev–Trinajstić information content (AvgIpc) is 2.98. The number of ether oxygens (including phenoxy) is 1. The van der Waals surface area contributed by atoms with Gasteiger partial charge in [0.05, 0.1) is 24.3 Å². The van der Waals surface area contributed by atoms with Gasteiger partial charge in [-0.1, -0.05) is 63.2 Å². The van der Waals surface area contributed by atoms with Gasteiger partial charge in [-0.2, -0.15) is 0 Å². The number of benzene rings is 2. The first-order valence-electron chi connectivity index (χ1n) is 11.1. The summed E-state index contributed by atoms with van der Waals surface area (Å²) in [6, 6.07) is 14.6. The van der Waals surface area contributed by atoms with Gasteiger partial charge in [0.2, 0.25) is 0 Å². The molecule has 1 amide bonds. The van der Waals surface area contributed by atoms with Gasteiger partial charge >= 0.3 is 0 Å². The maximum atomic E-state index is 13.2. The van der Waals surface area contributed by atoms with E-state index in [0.29, 0.717) is 12.2 Å². The Kier molecular flexibility index (Phi) is 6.89. The van der Waals surface area contributed by atoms with Crippen LogP contribution in [0, 0.1) is 6.92 Å². The lowest BCUT2D eigenvalue weighted by molar-refractivity contribution is -0.140. The number of carbonyl (C=O) groups is 2. The molecule has 0 aliphatic carbocycles. The van der Waals surface area contributed by atoms with Crippen LogP contribution in [0.1, 0.15) is 62.9 Å². The Hall–Kier alpha value is -2.92. The van der Waals surface area contributed by atoms with Crippen LogP contribution in [0.25, 0.3) is 5.76 Å². The van der Waals surface area contributed by atoms with Gasteiger partial charge in [0.1, 0.15) is 5.76 Å². The summed E-state index contributed by atoms with van der Waals surface area (Å²) in [6.07, 6.45) is 0.0183. The number of Topliss-reactive ketones (excluding diaryl/α,β-unsaturated/α-hetero) is 1. The number of ketones is 1. The van der Waals surface area contributed by atoms with Crippen LogP contribution < -0.4 is 0 Å². The van der Waals surface area contributed by atoms with Crippen molar-refractivity contribution in [2.75, 3.05) is 13.2 Å². The molecule has 1 unspecified atom stereocenters. The molecule has 5 nitrogen and oxygen atoms in total. The SMILES string of the molecule is Cc1ccc(C(C)(C)C)cc1/C(O)=C1\C(=O)C(=O)N(CCOC(C)C)C1c1ccccc1. The number of likely N-dealkylation sites (tertiary alicyclic amines) is 1. The zero-order chi connectivity index (χ0) is 23.6. The molecule has 5 heteroatoms. The third kappa shape index (κ3) is 4.78. The largest absolute Gasteiger partial charge is 0.507 e. The number of carbonyl (C=O) groups excluding carboxylic acids is 2. The molecule has 1 N–H and O–H groups in total. The van der Waals surface area contributed by atoms with E-state index < -0.39 is 17.7 Å². The van der Waals surface area contributed by atoms with Gasteiger partial charge in [0.15, 0.2) is 0 Å². The second-order valence-electron chi connectivity index (χ2n) is 9.60. The summed E-state index contributed by atoms with van der Waals surface area (Å²) < 4.78 is 5.64. The van der Waals surface area contributed by atoms with Gasteiger partial charge in [0, 0.05) is 12.1 Å². The van der Waals surface area contributed by atoms with E-state index in [1.54, 1.807) is 0 Å². The van der Waals surface area contributed by atoms with Crippen molar-refractivity contribution in [3.8, 4) is 0 Å². The van der Waals surface area contributed by atoms with Crippen molar-refractivity contribution in [1.29, 1.82) is 0 Å². The van der Waals surface area contributed by atoms with Gasteiger partial charge in [-0.05, 0) is 48.9 Å². The molecule has 1 atom stereocenters. The van der Waals surface area contributed by atoms with Crippen molar-refractivity contribution in [3.63, 3.8) is 0 Å². The van der Waals surface area contributed by atoms with Crippen molar-refractivity contribution < 1.29 is 19.4 Å². The first-order valence-corrected chi connectivity index (χ1v) is 11.1. The Morgan fingerprint density at radius 2 is 1.75 bits per heavy atom. The maximum absolute atomic E-state index is 13.2. The molecule has 0 aromatic heterocycles. The number of aryl methyl sites for hydroxylation is 1. The highest BCUT2D eigenvalue weighted by atomic mass is 16.5. The third-order valence-corrected chi connectivity index (χ3v) is 5.80. The zero-order valence-electron chi connectivity index (χ0n) is 19.8. The highest BCUT2D eigenvalue weighted by Crippen LogP contribution is 2.40. The fraction of sp³-hybridized carbons (Fsp3) is 0.407. The minimum Gasteiger partial charge on any atom is -0.507 e. The Morgan fingerprint density at radius 1 is 1.09 bits per heavy atom. The molecule has 1 aliphatic heterocycles. The van der Waals surface area contributed by atoms with Crippen LogP contribution in [0.4, 0.5) is 0 Å². The fourth-order valence-corrected chi connectivity index (χ4v) is 3.97. The summed E-state index contributed by atoms with van der Waals surface area (Å²) in [4.78, 5) is 27.7. The predicted molar refractivity (Wildman–Crippen MR) is 126 cm³/mol. The molecule has 0 bridgehead atoms. The van der Waals surface area contributed by atoms with Gasteiger partial charge in [-0.3, -0.25) is 9.59 Å². The topological polar surface area (TPSA) is 66.8 Å². The molecule has 1 fully saturated rings. The molecular formula is C27H33NO4. The van der Waals surface area contributed by atoms with E-state index in [0.717, 1.165) is 16.7 Å². The van der Waals surface area contributed by atoms with Crippen LogP contribution in [0.15, 0.2) is 54.1 Å². The fourth-order valence-electron chi connectivity index (χ4n) is 3.97. The molecule has 32 heavy (non-hydrogen) atoms. The summed E-state index contributed by atoms with van der Waals surface area (Å²) in [6.45, 7) is 12.6. The first kappa shape index (κ1) is 23.7. The Bertz CT molecular complexity index is 1030. The number of nitrogens with zero attached hydrogens (tertiary/aromatic N) is 1. The lowest BCUT2D eigenvalue weighted by Gasteiger charge is -2.26. The Balaban J connectivity index is 2.15. The molecule has 0 saturated carbocycles. The lowest BCUT2D eigenvalue weighted by Crippen LogP contribution is -2.33. The number of hydrogen-bond donors (Lipinski definition) is 1. The molecule has 1 aliphatic rings. The van der Waals surface area contributed by atoms with Crippen LogP contribution in [0.5, 0.6) is 0 Å². The summed E-state index contributed by atoms with van der Waals surface area (Å²) in [5.41, 5.74) is 3.25. The molecule has 2 aromatic carbocycles. The van der Waals surface area contributed by atoms with E-state index >= 15 is 0 Å². The van der Waals surface area contributed by atoms with E-state index in [2.05, 4.69) is 20.8 Å². The van der Waals surface area contributed by atoms with Gasteiger partial charge in [0.25, 0.3) is 11.7 Å². The van der Waals surface area contributed by atoms with E-state index in [1.165, 1.54) is 4.90 Å². The second kappa shape index (κ2) is 9.29. The summed E-state index contributed by atoms with van der Waals surface area (Å²) in [5, 5.41) is 11.4. The number of hydrogen-bond acceptors (Lipinski definition) is 4. The van der Waals surface area contributed by atoms with Crippen molar-refractivity contribution in [1.82, 2.24) is 4.90 Å². The quantitative estimate of drug-likeness (QED) is 0.388. The number of amides is 1. The molecule has 0 radical (unpaired) electrons. The average molecular weight is 436 g/mol.